The van der Waals surface area contributed by atoms with Crippen LogP contribution in [0.3, 0.4) is 0 Å². The van der Waals surface area contributed by atoms with Gasteiger partial charge in [-0.1, -0.05) is 24.3 Å². The van der Waals surface area contributed by atoms with E-state index in [0.29, 0.717) is 11.1 Å². The minimum atomic E-state index is -0.536. The van der Waals surface area contributed by atoms with E-state index in [1.165, 1.54) is 18.2 Å². The average Bonchev–Trinajstić information content (AvgIpc) is 2.41. The molecule has 0 heterocycles. The van der Waals surface area contributed by atoms with Crippen LogP contribution < -0.4 is 10.5 Å². The largest absolute Gasteiger partial charge is 0.486 e. The minimum Gasteiger partial charge on any atom is -0.486 e. The zero-order chi connectivity index (χ0) is 14.7. The molecule has 0 atom stereocenters. The molecule has 0 aliphatic heterocycles. The fourth-order valence-electron chi connectivity index (χ4n) is 1.72. The van der Waals surface area contributed by atoms with Gasteiger partial charge in [-0.05, 0) is 24.6 Å². The van der Waals surface area contributed by atoms with Crippen molar-refractivity contribution in [2.24, 2.45) is 5.73 Å². The van der Waals surface area contributed by atoms with Crippen LogP contribution in [-0.2, 0) is 6.61 Å². The van der Waals surface area contributed by atoms with Gasteiger partial charge in [-0.15, -0.1) is 0 Å². The molecule has 2 aromatic carbocycles. The monoisotopic (exact) mass is 276 g/mol. The van der Waals surface area contributed by atoms with E-state index in [1.54, 1.807) is 19.1 Å². The Morgan fingerprint density at radius 2 is 2.00 bits per heavy atom. The first-order valence-electron chi connectivity index (χ1n) is 6.00. The van der Waals surface area contributed by atoms with Crippen LogP contribution in [0.2, 0.25) is 0 Å². The first-order valence-corrected chi connectivity index (χ1v) is 6.00. The normalized spacial score (nSPS) is 10.3. The smallest absolute Gasteiger partial charge is 0.167 e. The van der Waals surface area contributed by atoms with E-state index < -0.39 is 11.6 Å². The van der Waals surface area contributed by atoms with Crippen LogP contribution >= 0.6 is 0 Å². The summed E-state index contributed by atoms with van der Waals surface area (Å²) in [5, 5.41) is 7.22. The van der Waals surface area contributed by atoms with Crippen molar-refractivity contribution in [1.82, 2.24) is 0 Å². The average molecular weight is 276 g/mol. The maximum absolute atomic E-state index is 13.8. The Labute approximate surface area is 115 Å². The molecule has 2 rings (SSSR count). The lowest BCUT2D eigenvalue weighted by atomic mass is 10.1. The molecule has 0 unspecified atom stereocenters. The van der Waals surface area contributed by atoms with Crippen molar-refractivity contribution in [1.29, 1.82) is 5.41 Å². The van der Waals surface area contributed by atoms with Crippen molar-refractivity contribution in [2.45, 2.75) is 13.5 Å². The SMILES string of the molecule is Cc1cccc(OCc2ccc(C(=N)N)cc2F)c1F. The van der Waals surface area contributed by atoms with Gasteiger partial charge in [-0.2, -0.15) is 0 Å². The number of nitrogen functional groups attached to an aromatic ring is 1. The van der Waals surface area contributed by atoms with Crippen LogP contribution in [0, 0.1) is 24.0 Å². The molecule has 0 radical (unpaired) electrons. The van der Waals surface area contributed by atoms with Crippen molar-refractivity contribution >= 4 is 5.84 Å². The highest BCUT2D eigenvalue weighted by atomic mass is 19.1. The fraction of sp³-hybridized carbons (Fsp3) is 0.133. The molecule has 3 nitrogen and oxygen atoms in total. The summed E-state index contributed by atoms with van der Waals surface area (Å²) in [6.07, 6.45) is 0. The topological polar surface area (TPSA) is 59.1 Å². The third-order valence-corrected chi connectivity index (χ3v) is 2.90. The Bertz CT molecular complexity index is 656. The maximum Gasteiger partial charge on any atom is 0.167 e. The van der Waals surface area contributed by atoms with Crippen LogP contribution in [-0.4, -0.2) is 5.84 Å². The van der Waals surface area contributed by atoms with E-state index >= 15 is 0 Å². The van der Waals surface area contributed by atoms with Gasteiger partial charge in [0, 0.05) is 11.1 Å². The second-order valence-electron chi connectivity index (χ2n) is 4.40. The minimum absolute atomic E-state index is 0.0834. The van der Waals surface area contributed by atoms with E-state index in [9.17, 15) is 8.78 Å². The van der Waals surface area contributed by atoms with Gasteiger partial charge in [0.1, 0.15) is 18.3 Å². The molecule has 0 fully saturated rings. The number of aryl methyl sites for hydroxylation is 1. The Balaban J connectivity index is 2.15. The predicted octanol–water partition coefficient (Wildman–Crippen LogP) is 3.14. The number of nitrogens with one attached hydrogen (secondary N) is 1. The Kier molecular flexibility index (Phi) is 3.98. The van der Waals surface area contributed by atoms with Crippen molar-refractivity contribution in [2.75, 3.05) is 0 Å². The van der Waals surface area contributed by atoms with E-state index in [-0.39, 0.29) is 23.8 Å². The van der Waals surface area contributed by atoms with Gasteiger partial charge in [-0.3, -0.25) is 5.41 Å². The summed E-state index contributed by atoms with van der Waals surface area (Å²) in [4.78, 5) is 0. The second kappa shape index (κ2) is 5.69. The summed E-state index contributed by atoms with van der Waals surface area (Å²) >= 11 is 0. The van der Waals surface area contributed by atoms with Crippen molar-refractivity contribution in [3.05, 3.63) is 64.7 Å². The lowest BCUT2D eigenvalue weighted by Gasteiger charge is -2.10. The molecule has 0 aliphatic carbocycles. The summed E-state index contributed by atoms with van der Waals surface area (Å²) in [7, 11) is 0. The highest BCUT2D eigenvalue weighted by Crippen LogP contribution is 2.21. The highest BCUT2D eigenvalue weighted by molar-refractivity contribution is 5.94. The van der Waals surface area contributed by atoms with Crippen LogP contribution in [0.25, 0.3) is 0 Å². The van der Waals surface area contributed by atoms with E-state index in [2.05, 4.69) is 0 Å². The molecule has 20 heavy (non-hydrogen) atoms. The van der Waals surface area contributed by atoms with Crippen LogP contribution in [0.15, 0.2) is 36.4 Å². The van der Waals surface area contributed by atoms with Gasteiger partial charge in [0.15, 0.2) is 11.6 Å². The first-order chi connectivity index (χ1) is 9.49. The first kappa shape index (κ1) is 14.0. The van der Waals surface area contributed by atoms with Crippen LogP contribution in [0.5, 0.6) is 5.75 Å². The fourth-order valence-corrected chi connectivity index (χ4v) is 1.72. The van der Waals surface area contributed by atoms with Crippen molar-refractivity contribution < 1.29 is 13.5 Å². The molecule has 5 heteroatoms. The Morgan fingerprint density at radius 3 is 2.65 bits per heavy atom. The third-order valence-electron chi connectivity index (χ3n) is 2.90. The predicted molar refractivity (Wildman–Crippen MR) is 72.9 cm³/mol. The molecule has 2 aromatic rings. The number of hydrogen-bond acceptors (Lipinski definition) is 2. The zero-order valence-corrected chi connectivity index (χ0v) is 10.9. The number of benzene rings is 2. The molecule has 0 spiro atoms. The molecule has 0 aliphatic rings. The summed E-state index contributed by atoms with van der Waals surface area (Å²) in [6, 6.07) is 8.95. The van der Waals surface area contributed by atoms with E-state index in [4.69, 9.17) is 15.9 Å². The van der Waals surface area contributed by atoms with Crippen LogP contribution in [0.4, 0.5) is 8.78 Å². The van der Waals surface area contributed by atoms with Crippen molar-refractivity contribution in [3.63, 3.8) is 0 Å². The molecule has 0 saturated carbocycles. The van der Waals surface area contributed by atoms with Gasteiger partial charge in [0.05, 0.1) is 0 Å². The molecule has 0 aromatic heterocycles. The number of halogens is 2. The van der Waals surface area contributed by atoms with Gasteiger partial charge in [0.25, 0.3) is 0 Å². The number of ether oxygens (including phenoxy) is 1. The number of hydrogen-bond donors (Lipinski definition) is 2. The van der Waals surface area contributed by atoms with Gasteiger partial charge in [0.2, 0.25) is 0 Å². The summed E-state index contributed by atoms with van der Waals surface area (Å²) in [6.45, 7) is 1.54. The second-order valence-corrected chi connectivity index (χ2v) is 4.40. The quantitative estimate of drug-likeness (QED) is 0.665. The number of rotatable bonds is 4. The molecule has 3 N–H and O–H groups in total. The Morgan fingerprint density at radius 1 is 1.25 bits per heavy atom. The van der Waals surface area contributed by atoms with Gasteiger partial charge in [-0.25, -0.2) is 8.78 Å². The lowest BCUT2D eigenvalue weighted by Crippen LogP contribution is -2.12. The standard InChI is InChI=1S/C15H14F2N2O/c1-9-3-2-4-13(14(9)17)20-8-11-6-5-10(15(18)19)7-12(11)16/h2-7H,8H2,1H3,(H3,18,19). The number of amidine groups is 1. The number of nitrogens with two attached hydrogens (primary N) is 1. The molecule has 0 amide bonds. The zero-order valence-electron chi connectivity index (χ0n) is 10.9. The highest BCUT2D eigenvalue weighted by Gasteiger charge is 2.09. The summed E-state index contributed by atoms with van der Waals surface area (Å²) in [5.74, 6) is -1.11. The van der Waals surface area contributed by atoms with Gasteiger partial charge < -0.3 is 10.5 Å². The van der Waals surface area contributed by atoms with E-state index in [1.807, 2.05) is 0 Å². The molecular formula is C15H14F2N2O. The molecule has 0 saturated heterocycles. The van der Waals surface area contributed by atoms with E-state index in [0.717, 1.165) is 6.07 Å². The molecule has 104 valence electrons. The molecular weight excluding hydrogens is 262 g/mol. The van der Waals surface area contributed by atoms with Gasteiger partial charge >= 0.3 is 0 Å². The Hall–Kier alpha value is -2.43. The molecule has 0 bridgehead atoms. The summed E-state index contributed by atoms with van der Waals surface area (Å²) in [5.41, 5.74) is 6.31. The van der Waals surface area contributed by atoms with Crippen LogP contribution in [0.1, 0.15) is 16.7 Å². The third kappa shape index (κ3) is 2.93. The van der Waals surface area contributed by atoms with Crippen molar-refractivity contribution in [3.8, 4) is 5.75 Å². The maximum atomic E-state index is 13.8. The lowest BCUT2D eigenvalue weighted by molar-refractivity contribution is 0.284. The summed E-state index contributed by atoms with van der Waals surface area (Å²) < 4.78 is 32.8.